The van der Waals surface area contributed by atoms with Crippen LogP contribution in [-0.2, 0) is 38.4 Å². The van der Waals surface area contributed by atoms with E-state index in [1.54, 1.807) is 33.8 Å². The van der Waals surface area contributed by atoms with Crippen molar-refractivity contribution in [2.24, 2.45) is 5.92 Å². The lowest BCUT2D eigenvalue weighted by atomic mass is 10.2. The molecule has 1 aliphatic carbocycles. The molecule has 2 unspecified atom stereocenters. The second kappa shape index (κ2) is 20.7. The minimum absolute atomic E-state index is 0.00750. The molecule has 31 heavy (non-hydrogen) atoms. The quantitative estimate of drug-likeness (QED) is 0.0648. The molecular formula is C21H34Br2O8. The van der Waals surface area contributed by atoms with Crippen molar-refractivity contribution in [3.8, 4) is 0 Å². The third-order valence-electron chi connectivity index (χ3n) is 3.44. The van der Waals surface area contributed by atoms with Crippen molar-refractivity contribution in [3.63, 3.8) is 0 Å². The number of alkyl halides is 2. The van der Waals surface area contributed by atoms with Crippen LogP contribution < -0.4 is 0 Å². The van der Waals surface area contributed by atoms with Crippen LogP contribution in [0.5, 0.6) is 0 Å². The first-order chi connectivity index (χ1) is 14.8. The molecule has 0 saturated heterocycles. The van der Waals surface area contributed by atoms with Crippen LogP contribution in [0.15, 0.2) is 24.8 Å². The van der Waals surface area contributed by atoms with E-state index in [-0.39, 0.29) is 31.5 Å². The molecule has 0 N–H and O–H groups in total. The average molecular weight is 574 g/mol. The fourth-order valence-corrected chi connectivity index (χ4v) is 2.52. The number of carbonyl (C=O) groups is 3. The van der Waals surface area contributed by atoms with Gasteiger partial charge in [-0.1, -0.05) is 50.1 Å². The van der Waals surface area contributed by atoms with Crippen LogP contribution in [0.3, 0.4) is 0 Å². The third kappa shape index (κ3) is 15.2. The molecular weight excluding hydrogens is 540 g/mol. The molecule has 0 aromatic rings. The summed E-state index contributed by atoms with van der Waals surface area (Å²) in [6.45, 7) is 11.9. The van der Waals surface area contributed by atoms with Crippen LogP contribution in [0.2, 0.25) is 0 Å². The molecule has 0 spiro atoms. The molecule has 180 valence electrons. The van der Waals surface area contributed by atoms with Gasteiger partial charge in [-0.3, -0.25) is 9.59 Å². The third-order valence-corrected chi connectivity index (χ3v) is 4.18. The lowest BCUT2D eigenvalue weighted by molar-refractivity contribution is -0.330. The monoisotopic (exact) mass is 572 g/mol. The first-order valence-corrected chi connectivity index (χ1v) is 12.3. The molecule has 10 heteroatoms. The molecule has 0 heterocycles. The topological polar surface area (TPSA) is 97.4 Å². The normalized spacial score (nSPS) is 18.6. The van der Waals surface area contributed by atoms with Crippen molar-refractivity contribution in [2.75, 3.05) is 37.1 Å². The predicted molar refractivity (Wildman–Crippen MR) is 125 cm³/mol. The van der Waals surface area contributed by atoms with Gasteiger partial charge < -0.3 is 14.2 Å². The van der Waals surface area contributed by atoms with Gasteiger partial charge in [-0.05, 0) is 27.7 Å². The number of ether oxygens (including phenoxy) is 3. The Balaban J connectivity index is 0. The Bertz CT molecular complexity index is 531. The van der Waals surface area contributed by atoms with Crippen LogP contribution in [0.1, 0.15) is 40.5 Å². The maximum atomic E-state index is 11.5. The number of rotatable bonds is 12. The Morgan fingerprint density at radius 2 is 1.39 bits per heavy atom. The van der Waals surface area contributed by atoms with Gasteiger partial charge in [0.2, 0.25) is 5.60 Å². The maximum Gasteiger partial charge on any atom is 0.342 e. The zero-order chi connectivity index (χ0) is 24.1. The number of esters is 3. The molecule has 1 fully saturated rings. The summed E-state index contributed by atoms with van der Waals surface area (Å²) in [5, 5.41) is 1.91. The fourth-order valence-electron chi connectivity index (χ4n) is 1.99. The zero-order valence-corrected chi connectivity index (χ0v) is 21.9. The highest BCUT2D eigenvalue weighted by Gasteiger charge is 2.63. The molecule has 0 radical (unpaired) electrons. The summed E-state index contributed by atoms with van der Waals surface area (Å²) in [4.78, 5) is 42.6. The SMILES string of the molecule is BrC/C=C/CBr.C=CC1CC1(OOCC)C(=O)OCC.CCOC(=O)CC(=O)OCC. The number of hydrogen-bond acceptors (Lipinski definition) is 8. The smallest absolute Gasteiger partial charge is 0.342 e. The van der Waals surface area contributed by atoms with Crippen molar-refractivity contribution in [1.29, 1.82) is 0 Å². The average Bonchev–Trinajstić information content (AvgIpc) is 3.47. The summed E-state index contributed by atoms with van der Waals surface area (Å²) >= 11 is 6.49. The van der Waals surface area contributed by atoms with Gasteiger partial charge in [0.25, 0.3) is 0 Å². The first-order valence-electron chi connectivity index (χ1n) is 10.0. The maximum absolute atomic E-state index is 11.5. The van der Waals surface area contributed by atoms with E-state index < -0.39 is 17.5 Å². The summed E-state index contributed by atoms with van der Waals surface area (Å²) in [5.41, 5.74) is -0.923. The van der Waals surface area contributed by atoms with E-state index in [4.69, 9.17) is 14.5 Å². The molecule has 0 bridgehead atoms. The lowest BCUT2D eigenvalue weighted by Gasteiger charge is -2.13. The van der Waals surface area contributed by atoms with Gasteiger partial charge in [-0.15, -0.1) is 6.58 Å². The minimum Gasteiger partial charge on any atom is -0.466 e. The van der Waals surface area contributed by atoms with E-state index in [1.807, 2.05) is 0 Å². The Morgan fingerprint density at radius 3 is 1.71 bits per heavy atom. The van der Waals surface area contributed by atoms with Crippen LogP contribution in [0.25, 0.3) is 0 Å². The van der Waals surface area contributed by atoms with E-state index in [9.17, 15) is 14.4 Å². The molecule has 0 amide bonds. The largest absolute Gasteiger partial charge is 0.466 e. The highest BCUT2D eigenvalue weighted by atomic mass is 79.9. The number of carbonyl (C=O) groups excluding carboxylic acids is 3. The fraction of sp³-hybridized carbons (Fsp3) is 0.667. The summed E-state index contributed by atoms with van der Waals surface area (Å²) in [6.07, 6.45) is 6.09. The van der Waals surface area contributed by atoms with Crippen molar-refractivity contribution in [3.05, 3.63) is 24.8 Å². The van der Waals surface area contributed by atoms with E-state index in [1.165, 1.54) is 0 Å². The van der Waals surface area contributed by atoms with Crippen LogP contribution in [0.4, 0.5) is 0 Å². The molecule has 0 aliphatic heterocycles. The zero-order valence-electron chi connectivity index (χ0n) is 18.7. The molecule has 8 nitrogen and oxygen atoms in total. The Hall–Kier alpha value is -1.23. The van der Waals surface area contributed by atoms with E-state index in [2.05, 4.69) is 60.1 Å². The Morgan fingerprint density at radius 1 is 0.903 bits per heavy atom. The molecule has 1 saturated carbocycles. The first kappa shape index (κ1) is 32.0. The highest BCUT2D eigenvalue weighted by molar-refractivity contribution is 9.09. The van der Waals surface area contributed by atoms with Gasteiger partial charge in [0.1, 0.15) is 6.42 Å². The van der Waals surface area contributed by atoms with Gasteiger partial charge in [0.05, 0.1) is 26.4 Å². The standard InChI is InChI=1S/C10H16O4.C7H12O4.C4H6Br2/c1-4-8-7-10(8,14-13-6-3)9(11)12-5-2;1-3-10-6(8)5-7(9)11-4-2;5-3-1-2-4-6/h4,8H,1,5-7H2,2-3H3;3-5H2,1-2H3;1-2H,3-4H2/b;;2-1+. The van der Waals surface area contributed by atoms with Gasteiger partial charge in [0.15, 0.2) is 0 Å². The molecule has 0 aromatic carbocycles. The van der Waals surface area contributed by atoms with Crippen LogP contribution in [-0.4, -0.2) is 60.6 Å². The van der Waals surface area contributed by atoms with Crippen molar-refractivity contribution >= 4 is 49.8 Å². The summed E-state index contributed by atoms with van der Waals surface area (Å²) in [5.74, 6) is -1.43. The second-order valence-electron chi connectivity index (χ2n) is 5.71. The Labute approximate surface area is 201 Å². The Kier molecular flexibility index (Phi) is 21.3. The van der Waals surface area contributed by atoms with Gasteiger partial charge >= 0.3 is 17.9 Å². The van der Waals surface area contributed by atoms with Crippen molar-refractivity contribution in [2.45, 2.75) is 46.1 Å². The lowest BCUT2D eigenvalue weighted by Crippen LogP contribution is -2.31. The number of hydrogen-bond donors (Lipinski definition) is 0. The predicted octanol–water partition coefficient (Wildman–Crippen LogP) is 4.30. The number of allylic oxidation sites excluding steroid dienone is 2. The van der Waals surface area contributed by atoms with E-state index >= 15 is 0 Å². The van der Waals surface area contributed by atoms with Crippen LogP contribution >= 0.6 is 31.9 Å². The molecule has 1 rings (SSSR count). The van der Waals surface area contributed by atoms with Crippen molar-refractivity contribution in [1.82, 2.24) is 0 Å². The summed E-state index contributed by atoms with van der Waals surface area (Å²) in [7, 11) is 0. The van der Waals surface area contributed by atoms with Crippen molar-refractivity contribution < 1.29 is 38.4 Å². The second-order valence-corrected chi connectivity index (χ2v) is 7.01. The van der Waals surface area contributed by atoms with Gasteiger partial charge in [-0.25, -0.2) is 14.6 Å². The molecule has 1 aliphatic rings. The molecule has 2 atom stereocenters. The number of halogens is 2. The minimum atomic E-state index is -0.923. The summed E-state index contributed by atoms with van der Waals surface area (Å²) < 4.78 is 13.9. The van der Waals surface area contributed by atoms with Crippen LogP contribution in [0, 0.1) is 5.92 Å². The van der Waals surface area contributed by atoms with E-state index in [0.717, 1.165) is 10.7 Å². The van der Waals surface area contributed by atoms with Gasteiger partial charge in [-0.2, -0.15) is 0 Å². The highest BCUT2D eigenvalue weighted by Crippen LogP contribution is 2.48. The van der Waals surface area contributed by atoms with E-state index in [0.29, 0.717) is 19.6 Å². The summed E-state index contributed by atoms with van der Waals surface area (Å²) in [6, 6.07) is 0. The molecule has 0 aromatic heterocycles. The van der Waals surface area contributed by atoms with Gasteiger partial charge in [0, 0.05) is 23.0 Å².